The average Bonchev–Trinajstić information content (AvgIpc) is 1.68. The minimum absolute atomic E-state index is 0. The van der Waals surface area contributed by atoms with Gasteiger partial charge in [0.15, 0.2) is 0 Å². The molecule has 6 saturated carbocycles. The summed E-state index contributed by atoms with van der Waals surface area (Å²) >= 11 is 0. The minimum atomic E-state index is -3.25. The summed E-state index contributed by atoms with van der Waals surface area (Å²) in [4.78, 5) is 136. The van der Waals surface area contributed by atoms with Crippen LogP contribution in [0.4, 0.5) is 40.7 Å². The van der Waals surface area contributed by atoms with Crippen LogP contribution in [0.25, 0.3) is 32.7 Å². The van der Waals surface area contributed by atoms with Gasteiger partial charge in [0.2, 0.25) is 35.4 Å². The zero-order valence-corrected chi connectivity index (χ0v) is 85.6. The number of nitrogens with one attached hydrogen (secondary N) is 3. The number of hydrogen-bond acceptors (Lipinski definition) is 21. The van der Waals surface area contributed by atoms with E-state index in [-0.39, 0.29) is 171 Å². The predicted molar refractivity (Wildman–Crippen MR) is 490 cm³/mol. The van der Waals surface area contributed by atoms with Crippen LogP contribution in [0.1, 0.15) is 261 Å². The monoisotopic (exact) mass is 2050 g/mol. The third kappa shape index (κ3) is 24.7. The Balaban J connectivity index is 0.000000174. The van der Waals surface area contributed by atoms with Gasteiger partial charge in [0.1, 0.15) is 71.0 Å². The van der Waals surface area contributed by atoms with Crippen LogP contribution in [0.15, 0.2) is 72.8 Å². The van der Waals surface area contributed by atoms with Crippen LogP contribution in [-0.4, -0.2) is 194 Å². The van der Waals surface area contributed by atoms with E-state index in [4.69, 9.17) is 42.6 Å². The normalized spacial score (nSPS) is 30.9. The Morgan fingerprint density at radius 3 is 1.06 bits per heavy atom. The molecule has 18 atom stereocenters. The molecule has 6 bridgehead atoms. The number of carbonyl (C=O) groups is 6. The predicted octanol–water partition coefficient (Wildman–Crippen LogP) is 18.6. The number of nitrogens with zero attached hydrogens (tertiary/aromatic N) is 6. The number of amides is 6. The third-order valence-corrected chi connectivity index (χ3v) is 29.4. The van der Waals surface area contributed by atoms with Gasteiger partial charge in [-0.25, -0.2) is 74.5 Å². The second-order valence-electron chi connectivity index (χ2n) is 43.5. The number of alkyl halides is 6. The molecule has 6 aliphatic heterocycles. The number of hydrogen-bond donors (Lipinski definition) is 3. The second-order valence-corrected chi connectivity index (χ2v) is 43.5. The van der Waals surface area contributed by atoms with Crippen LogP contribution >= 0.6 is 0 Å². The van der Waals surface area contributed by atoms with Crippen molar-refractivity contribution in [1.82, 2.24) is 45.6 Å². The first-order valence-electron chi connectivity index (χ1n) is 48.8. The SMILES string of the molecule is CC[C@@H]1[C@@H]2CN(C(=O)[C@H](C(C)(C)C)NC(=O)O[C@@H]3C[C@H]3CCCCC(F)(F)c3cc4ccc(OC5CC5)cc4nc3O2)[C@@H]1[C-]=O.CC[C@@H]1[C@@H]2CN(C(=O)[C@H](C(C)(C)C)NC(=O)O[C@]3(C)C[C@H]3CCCCC(F)(F)c3cc4ccc(OC5CC5)cc4nc3O2)[C@@H]1[C-]=O.C[C@@H]1[C@@H]2CN(C(=O)[C@H](C(C)(C)C)NC(=O)O[C@]3(C)C[C@H]3CCCCC(F)(F)c3cc4ccc(OC5CC5)cc4nc3O2)[C@@H]1[C-]=O.[V].[V].[V]. The second kappa shape index (κ2) is 42.3. The van der Waals surface area contributed by atoms with Gasteiger partial charge in [0.25, 0.3) is 17.8 Å². The number of rotatable bonds is 11. The molecule has 36 heteroatoms. The molecule has 9 heterocycles. The summed E-state index contributed by atoms with van der Waals surface area (Å²) in [5.74, 6) is -11.5. The summed E-state index contributed by atoms with van der Waals surface area (Å²) in [6.07, 6.45) is 13.2. The number of carbonyl (C=O) groups excluding carboxylic acids is 9. The summed E-state index contributed by atoms with van der Waals surface area (Å²) < 4.78 is 150. The Kier molecular flexibility index (Phi) is 32.7. The minimum Gasteiger partial charge on any atom is -0.540 e. The van der Waals surface area contributed by atoms with Gasteiger partial charge in [0, 0.05) is 121 Å². The maximum absolute atomic E-state index is 16.1. The largest absolute Gasteiger partial charge is 0.540 e. The van der Waals surface area contributed by atoms with Crippen LogP contribution in [0, 0.1) is 51.8 Å². The number of halogens is 6. The molecule has 3 aromatic carbocycles. The number of alkyl carbamates (subject to hydrolysis) is 3. The molecule has 753 valence electrons. The topological polar surface area (TPSA) is 321 Å². The Morgan fingerprint density at radius 2 is 0.734 bits per heavy atom. The van der Waals surface area contributed by atoms with Gasteiger partial charge < -0.3 is 87.7 Å². The number of aromatic nitrogens is 3. The van der Waals surface area contributed by atoms with Crippen LogP contribution in [0.5, 0.6) is 34.9 Å². The fourth-order valence-corrected chi connectivity index (χ4v) is 20.1. The first kappa shape index (κ1) is 108. The Bertz CT molecular complexity index is 5520. The summed E-state index contributed by atoms with van der Waals surface area (Å²) in [7, 11) is 0. The van der Waals surface area contributed by atoms with Crippen molar-refractivity contribution in [2.24, 2.45) is 51.8 Å². The maximum Gasteiger partial charge on any atom is 0.408 e. The van der Waals surface area contributed by atoms with E-state index in [9.17, 15) is 43.2 Å². The van der Waals surface area contributed by atoms with Crippen molar-refractivity contribution in [3.8, 4) is 34.9 Å². The molecule has 6 aromatic rings. The van der Waals surface area contributed by atoms with Gasteiger partial charge >= 0.3 is 18.3 Å². The van der Waals surface area contributed by atoms with Crippen LogP contribution in [0.3, 0.4) is 0 Å². The van der Waals surface area contributed by atoms with E-state index in [1.165, 1.54) is 32.9 Å². The smallest absolute Gasteiger partial charge is 0.408 e. The molecule has 3 N–H and O–H groups in total. The van der Waals surface area contributed by atoms with Gasteiger partial charge in [-0.2, -0.15) is 0 Å². The van der Waals surface area contributed by atoms with Gasteiger partial charge in [-0.15, -0.1) is 0 Å². The quantitative estimate of drug-likeness (QED) is 0.0616. The van der Waals surface area contributed by atoms with E-state index in [2.05, 4.69) is 30.9 Å². The number of pyridine rings is 3. The molecule has 6 amide bonds. The van der Waals surface area contributed by atoms with Crippen molar-refractivity contribution in [2.45, 2.75) is 353 Å². The van der Waals surface area contributed by atoms with Crippen LogP contribution in [-0.2, 0) is 116 Å². The Labute approximate surface area is 843 Å². The molecular weight excluding hydrogens is 1920 g/mol. The number of benzene rings is 3. The molecule has 18 rings (SSSR count). The van der Waals surface area contributed by atoms with E-state index in [0.717, 1.165) is 38.5 Å². The standard InChI is InChI=1S/C35H44F2N3O6.2C34H42F2N3O6.3V/c1-6-24-27(19-41)40-18-28(24)45-30-25(15-20-10-11-23(16-26(20)38-30)44-22-12-13-22)35(36,37)14-8-7-9-21-17-34(21,5)46-32(43)39-29(31(40)42)33(2,3)4;1-19-26(18-40)39-17-27(19)44-29-24(14-20-9-10-23(15-25(20)37-29)43-22-11-12-22)34(35,36)13-7-6-8-21-16-33(21,5)45-31(42)38-28(30(39)41)32(2,3)4;1-5-23-26(18-40)39-17-28(23)44-30-24(14-19-9-10-22(16-25(19)37-30)43-21-11-12-21)34(35,36)13-7-6-8-20-15-27(20)45-32(42)38-29(31(39)41)33(2,3)4;;;/h10-11,15-16,21-22,24,27-29H,6-9,12-14,17-18H2,1-5H3,(H,39,43);9-10,14-15,19,21-22,26-28H,6-8,11-13,16-17H2,1-5H3,(H,38,42);9-10,14,16,20-21,23,26-29H,5-8,11-13,15,17H2,1-4H3,(H,38,42);;;/q3*-1;;;/t21-,24+,27-,28+,29-,34-;19-,21+,26+,27-,28+,33+;20-,23+,26-,27-,28+,29-;;;/m101.../s1. The molecule has 3 aromatic heterocycles. The molecule has 6 aliphatic carbocycles. The van der Waals surface area contributed by atoms with Crippen molar-refractivity contribution in [3.05, 3.63) is 89.5 Å². The average molecular weight is 2050 g/mol. The van der Waals surface area contributed by atoms with Gasteiger partial charge in [-0.1, -0.05) is 133 Å². The van der Waals surface area contributed by atoms with Crippen molar-refractivity contribution >= 4 is 87.6 Å². The summed E-state index contributed by atoms with van der Waals surface area (Å²) in [5.41, 5.74) is -3.22. The summed E-state index contributed by atoms with van der Waals surface area (Å²) in [6, 6.07) is 14.0. The van der Waals surface area contributed by atoms with Crippen LogP contribution in [0.2, 0.25) is 0 Å². The molecule has 0 spiro atoms. The molecule has 3 saturated heterocycles. The van der Waals surface area contributed by atoms with Crippen molar-refractivity contribution in [2.75, 3.05) is 19.6 Å². The van der Waals surface area contributed by atoms with E-state index in [0.29, 0.717) is 121 Å². The molecular formula is C103H128F6N9O18V3-3. The molecule has 12 aliphatic rings. The van der Waals surface area contributed by atoms with Crippen LogP contribution < -0.4 is 44.4 Å². The van der Waals surface area contributed by atoms with E-state index < -0.39 is 173 Å². The summed E-state index contributed by atoms with van der Waals surface area (Å²) in [5, 5.41) is 9.90. The fraction of sp³-hybridized carbons (Fsp3) is 0.650. The molecule has 139 heavy (non-hydrogen) atoms. The number of ether oxygens (including phenoxy) is 9. The molecule has 0 unspecified atom stereocenters. The van der Waals surface area contributed by atoms with E-state index in [1.54, 1.807) is 61.5 Å². The van der Waals surface area contributed by atoms with Crippen molar-refractivity contribution in [3.63, 3.8) is 0 Å². The maximum atomic E-state index is 16.1. The van der Waals surface area contributed by atoms with E-state index >= 15 is 26.3 Å². The Hall–Kier alpha value is -8.75. The van der Waals surface area contributed by atoms with E-state index in [1.807, 2.05) is 109 Å². The Morgan fingerprint density at radius 1 is 0.417 bits per heavy atom. The zero-order valence-electron chi connectivity index (χ0n) is 81.4. The first-order chi connectivity index (χ1) is 64.3. The molecule has 27 nitrogen and oxygen atoms in total. The van der Waals surface area contributed by atoms with Gasteiger partial charge in [-0.05, 0) is 205 Å². The third-order valence-electron chi connectivity index (χ3n) is 29.4. The number of fused-ring (bicyclic) bond motifs is 15. The summed E-state index contributed by atoms with van der Waals surface area (Å²) in [6.45, 7) is 25.2. The zero-order chi connectivity index (χ0) is 97.4. The van der Waals surface area contributed by atoms with Crippen molar-refractivity contribution < 1.29 is 168 Å². The first-order valence-corrected chi connectivity index (χ1v) is 48.8. The van der Waals surface area contributed by atoms with Gasteiger partial charge in [-0.3, -0.25) is 14.4 Å². The fourth-order valence-electron chi connectivity index (χ4n) is 20.1. The molecule has 3 radical (unpaired) electrons. The van der Waals surface area contributed by atoms with Gasteiger partial charge in [0.05, 0.1) is 71.2 Å². The van der Waals surface area contributed by atoms with Crippen molar-refractivity contribution in [1.29, 1.82) is 0 Å². The molecule has 9 fully saturated rings.